The number of aliphatic carboxylic acids is 1. The molecule has 3 aromatic carbocycles. The van der Waals surface area contributed by atoms with Crippen molar-refractivity contribution in [2.45, 2.75) is 6.61 Å². The van der Waals surface area contributed by atoms with Crippen molar-refractivity contribution < 1.29 is 19.6 Å². The van der Waals surface area contributed by atoms with Crippen LogP contribution in [0.15, 0.2) is 78.9 Å². The highest BCUT2D eigenvalue weighted by atomic mass is 16.6. The van der Waals surface area contributed by atoms with Gasteiger partial charge in [0.2, 0.25) is 0 Å². The van der Waals surface area contributed by atoms with Crippen LogP contribution < -0.4 is 4.74 Å². The Morgan fingerprint density at radius 2 is 1.75 bits per heavy atom. The molecule has 0 amide bonds. The van der Waals surface area contributed by atoms with Crippen LogP contribution in [0, 0.1) is 10.1 Å². The number of ether oxygens (including phenoxy) is 1. The number of hydrogen-bond acceptors (Lipinski definition) is 4. The van der Waals surface area contributed by atoms with Crippen molar-refractivity contribution >= 4 is 17.7 Å². The van der Waals surface area contributed by atoms with Crippen molar-refractivity contribution in [2.24, 2.45) is 0 Å². The van der Waals surface area contributed by atoms with Crippen LogP contribution >= 0.6 is 0 Å². The minimum atomic E-state index is -1.09. The molecule has 0 bridgehead atoms. The van der Waals surface area contributed by atoms with Crippen molar-refractivity contribution in [2.75, 3.05) is 0 Å². The maximum absolute atomic E-state index is 11.3. The molecule has 140 valence electrons. The van der Waals surface area contributed by atoms with E-state index in [1.165, 1.54) is 12.1 Å². The Kier molecular flexibility index (Phi) is 5.81. The van der Waals surface area contributed by atoms with Crippen LogP contribution in [0.3, 0.4) is 0 Å². The van der Waals surface area contributed by atoms with Crippen LogP contribution in [0.5, 0.6) is 5.75 Å². The summed E-state index contributed by atoms with van der Waals surface area (Å²) in [4.78, 5) is 21.8. The number of nitro benzene ring substituents is 1. The van der Waals surface area contributed by atoms with Crippen LogP contribution in [0.1, 0.15) is 11.1 Å². The van der Waals surface area contributed by atoms with Crippen LogP contribution in [0.4, 0.5) is 5.69 Å². The van der Waals surface area contributed by atoms with Crippen LogP contribution in [0.2, 0.25) is 0 Å². The molecule has 0 aliphatic rings. The molecular formula is C22H17NO5. The molecule has 0 spiro atoms. The summed E-state index contributed by atoms with van der Waals surface area (Å²) in [6.45, 7) is 0.319. The van der Waals surface area contributed by atoms with Crippen molar-refractivity contribution in [1.29, 1.82) is 0 Å². The molecule has 0 saturated carbocycles. The third-order valence-corrected chi connectivity index (χ3v) is 4.06. The van der Waals surface area contributed by atoms with E-state index in [0.717, 1.165) is 11.6 Å². The summed E-state index contributed by atoms with van der Waals surface area (Å²) in [5.74, 6) is -0.603. The number of para-hydroxylation sites is 1. The van der Waals surface area contributed by atoms with Gasteiger partial charge in [0.25, 0.3) is 5.69 Å². The minimum absolute atomic E-state index is 0.0198. The molecule has 0 aromatic heterocycles. The quantitative estimate of drug-likeness (QED) is 0.359. The SMILES string of the molecule is O=C(O)/C=C/c1cc(-c2ccccc2[N+](=O)[O-])ccc1OCc1ccccc1. The first kappa shape index (κ1) is 18.8. The zero-order valence-electron chi connectivity index (χ0n) is 14.8. The Balaban J connectivity index is 1.98. The molecule has 28 heavy (non-hydrogen) atoms. The molecule has 0 radical (unpaired) electrons. The number of carboxylic acids is 1. The van der Waals surface area contributed by atoms with Crippen molar-refractivity contribution in [3.05, 3.63) is 100 Å². The van der Waals surface area contributed by atoms with E-state index >= 15 is 0 Å². The van der Waals surface area contributed by atoms with E-state index in [-0.39, 0.29) is 5.69 Å². The third kappa shape index (κ3) is 4.62. The van der Waals surface area contributed by atoms with Crippen molar-refractivity contribution in [3.63, 3.8) is 0 Å². The monoisotopic (exact) mass is 375 g/mol. The second-order valence-corrected chi connectivity index (χ2v) is 5.97. The molecule has 0 unspecified atom stereocenters. The lowest BCUT2D eigenvalue weighted by Crippen LogP contribution is -1.98. The number of benzene rings is 3. The number of nitrogens with zero attached hydrogens (tertiary/aromatic N) is 1. The first-order valence-electron chi connectivity index (χ1n) is 8.50. The maximum atomic E-state index is 11.3. The van der Waals surface area contributed by atoms with Crippen LogP contribution in [0.25, 0.3) is 17.2 Å². The minimum Gasteiger partial charge on any atom is -0.488 e. The fourth-order valence-electron chi connectivity index (χ4n) is 2.75. The molecule has 0 heterocycles. The molecule has 0 aliphatic heterocycles. The summed E-state index contributed by atoms with van der Waals surface area (Å²) in [7, 11) is 0. The molecule has 3 rings (SSSR count). The van der Waals surface area contributed by atoms with E-state index in [0.29, 0.717) is 29.0 Å². The van der Waals surface area contributed by atoms with E-state index in [4.69, 9.17) is 9.84 Å². The van der Waals surface area contributed by atoms with Gasteiger partial charge in [0.05, 0.1) is 10.5 Å². The topological polar surface area (TPSA) is 89.7 Å². The fourth-order valence-corrected chi connectivity index (χ4v) is 2.75. The second-order valence-electron chi connectivity index (χ2n) is 5.97. The highest BCUT2D eigenvalue weighted by molar-refractivity contribution is 5.87. The molecule has 1 N–H and O–H groups in total. The van der Waals surface area contributed by atoms with Gasteiger partial charge in [-0.15, -0.1) is 0 Å². The van der Waals surface area contributed by atoms with Gasteiger partial charge in [-0.25, -0.2) is 4.79 Å². The Bertz CT molecular complexity index is 1030. The van der Waals surface area contributed by atoms with Gasteiger partial charge >= 0.3 is 5.97 Å². The smallest absolute Gasteiger partial charge is 0.328 e. The largest absolute Gasteiger partial charge is 0.488 e. The summed E-state index contributed by atoms with van der Waals surface area (Å²) in [5.41, 5.74) is 2.53. The van der Waals surface area contributed by atoms with Gasteiger partial charge in [0, 0.05) is 17.7 Å². The van der Waals surface area contributed by atoms with E-state index in [2.05, 4.69) is 0 Å². The lowest BCUT2D eigenvalue weighted by Gasteiger charge is -2.12. The highest BCUT2D eigenvalue weighted by Gasteiger charge is 2.15. The van der Waals surface area contributed by atoms with E-state index in [1.54, 1.807) is 36.4 Å². The molecular weight excluding hydrogens is 358 g/mol. The van der Waals surface area contributed by atoms with Gasteiger partial charge in [0.1, 0.15) is 12.4 Å². The molecule has 0 aliphatic carbocycles. The Morgan fingerprint density at radius 1 is 1.04 bits per heavy atom. The molecule has 3 aromatic rings. The Hall–Kier alpha value is -3.93. The summed E-state index contributed by atoms with van der Waals surface area (Å²) >= 11 is 0. The summed E-state index contributed by atoms with van der Waals surface area (Å²) in [5, 5.41) is 20.3. The Morgan fingerprint density at radius 3 is 2.46 bits per heavy atom. The van der Waals surface area contributed by atoms with Gasteiger partial charge in [-0.2, -0.15) is 0 Å². The van der Waals surface area contributed by atoms with E-state index in [9.17, 15) is 14.9 Å². The third-order valence-electron chi connectivity index (χ3n) is 4.06. The van der Waals surface area contributed by atoms with Crippen LogP contribution in [-0.4, -0.2) is 16.0 Å². The van der Waals surface area contributed by atoms with Gasteiger partial charge < -0.3 is 9.84 Å². The van der Waals surface area contributed by atoms with Gasteiger partial charge in [-0.3, -0.25) is 10.1 Å². The van der Waals surface area contributed by atoms with Crippen molar-refractivity contribution in [3.8, 4) is 16.9 Å². The summed E-state index contributed by atoms with van der Waals surface area (Å²) < 4.78 is 5.85. The predicted molar refractivity (Wildman–Crippen MR) is 106 cm³/mol. The lowest BCUT2D eigenvalue weighted by atomic mass is 10.0. The average Bonchev–Trinajstić information content (AvgIpc) is 2.71. The molecule has 6 heteroatoms. The molecule has 0 fully saturated rings. The Labute approximate surface area is 161 Å². The number of rotatable bonds is 7. The lowest BCUT2D eigenvalue weighted by molar-refractivity contribution is -0.384. The van der Waals surface area contributed by atoms with E-state index in [1.807, 2.05) is 30.3 Å². The number of nitro groups is 1. The summed E-state index contributed by atoms with van der Waals surface area (Å²) in [6.07, 6.45) is 2.43. The first-order chi connectivity index (χ1) is 13.5. The fraction of sp³-hybridized carbons (Fsp3) is 0.0455. The van der Waals surface area contributed by atoms with Gasteiger partial charge in [-0.05, 0) is 35.4 Å². The van der Waals surface area contributed by atoms with Gasteiger partial charge in [0.15, 0.2) is 0 Å². The van der Waals surface area contributed by atoms with Crippen LogP contribution in [-0.2, 0) is 11.4 Å². The highest BCUT2D eigenvalue weighted by Crippen LogP contribution is 2.33. The first-order valence-corrected chi connectivity index (χ1v) is 8.50. The molecule has 6 nitrogen and oxygen atoms in total. The van der Waals surface area contributed by atoms with Crippen molar-refractivity contribution in [1.82, 2.24) is 0 Å². The van der Waals surface area contributed by atoms with Gasteiger partial charge in [-0.1, -0.05) is 48.5 Å². The maximum Gasteiger partial charge on any atom is 0.328 e. The summed E-state index contributed by atoms with van der Waals surface area (Å²) in [6, 6.07) is 21.1. The number of hydrogen-bond donors (Lipinski definition) is 1. The standard InChI is InChI=1S/C22H17NO5/c24-22(25)13-11-18-14-17(19-8-4-5-9-20(19)23(26)27)10-12-21(18)28-15-16-6-2-1-3-7-16/h1-14H,15H2,(H,24,25)/b13-11+. The number of carbonyl (C=O) groups is 1. The van der Waals surface area contributed by atoms with E-state index < -0.39 is 10.9 Å². The molecule has 0 saturated heterocycles. The second kappa shape index (κ2) is 8.64. The zero-order chi connectivity index (χ0) is 19.9. The normalized spacial score (nSPS) is 10.7. The zero-order valence-corrected chi connectivity index (χ0v) is 14.8. The number of carboxylic acid groups (broad SMARTS) is 1. The predicted octanol–water partition coefficient (Wildman–Crippen LogP) is 4.94. The average molecular weight is 375 g/mol. The molecule has 0 atom stereocenters.